The van der Waals surface area contributed by atoms with E-state index in [0.717, 1.165) is 34.0 Å². The Bertz CT molecular complexity index is 847. The molecule has 2 N–H and O–H groups in total. The lowest BCUT2D eigenvalue weighted by atomic mass is 10.0. The molecule has 3 rings (SSSR count). The summed E-state index contributed by atoms with van der Waals surface area (Å²) in [4.78, 5) is 22.8. The molecule has 0 spiro atoms. The van der Waals surface area contributed by atoms with Gasteiger partial charge in [0.25, 0.3) is 5.24 Å². The number of amides is 2. The molecule has 0 saturated carbocycles. The molecule has 2 aromatic carbocycles. The Hall–Kier alpha value is -2.47. The molecule has 0 bridgehead atoms. The number of rotatable bonds is 4. The average molecular weight is 418 g/mol. The third kappa shape index (κ3) is 6.26. The molecule has 6 heteroatoms. The number of hydrogen-bond donors (Lipinski definition) is 2. The topological polar surface area (TPSA) is 75.6 Å². The number of carbonyl (C=O) groups is 2. The van der Waals surface area contributed by atoms with Gasteiger partial charge in [0, 0.05) is 0 Å². The lowest BCUT2D eigenvalue weighted by molar-refractivity contribution is -0.118. The summed E-state index contributed by atoms with van der Waals surface area (Å²) >= 11 is 1.03. The summed E-state index contributed by atoms with van der Waals surface area (Å²) in [6.07, 6.45) is 0.499. The highest BCUT2D eigenvalue weighted by atomic mass is 32.2. The molecule has 0 radical (unpaired) electrons. The van der Waals surface area contributed by atoms with E-state index in [9.17, 15) is 14.7 Å². The molecule has 1 aliphatic heterocycles. The van der Waals surface area contributed by atoms with Gasteiger partial charge in [0.15, 0.2) is 0 Å². The number of benzene rings is 2. The largest absolute Gasteiger partial charge is 0.507 e. The van der Waals surface area contributed by atoms with Crippen molar-refractivity contribution in [3.05, 3.63) is 52.6 Å². The van der Waals surface area contributed by atoms with Crippen LogP contribution in [0.4, 0.5) is 4.79 Å². The Morgan fingerprint density at radius 1 is 1.00 bits per heavy atom. The minimum absolute atomic E-state index is 0.235. The van der Waals surface area contributed by atoms with Crippen molar-refractivity contribution >= 4 is 22.9 Å². The Labute approximate surface area is 177 Å². The van der Waals surface area contributed by atoms with Crippen LogP contribution in [0.25, 0.3) is 0 Å². The van der Waals surface area contributed by atoms with Crippen molar-refractivity contribution in [2.75, 3.05) is 0 Å². The maximum atomic E-state index is 11.6. The molecule has 1 fully saturated rings. The summed E-state index contributed by atoms with van der Waals surface area (Å²) < 4.78 is 5.94. The fourth-order valence-corrected chi connectivity index (χ4v) is 3.56. The van der Waals surface area contributed by atoms with Gasteiger partial charge in [0.05, 0.1) is 5.25 Å². The second-order valence-corrected chi connectivity index (χ2v) is 7.30. The van der Waals surface area contributed by atoms with E-state index in [0.29, 0.717) is 23.7 Å². The van der Waals surface area contributed by atoms with Crippen LogP contribution < -0.4 is 10.1 Å². The highest BCUT2D eigenvalue weighted by molar-refractivity contribution is 8.15. The molecule has 1 saturated heterocycles. The minimum atomic E-state index is -0.371. The average Bonchev–Trinajstić information content (AvgIpc) is 3.05. The highest BCUT2D eigenvalue weighted by Crippen LogP contribution is 2.34. The second kappa shape index (κ2) is 11.5. The molecule has 158 valence electrons. The van der Waals surface area contributed by atoms with E-state index in [4.69, 9.17) is 4.74 Å². The van der Waals surface area contributed by atoms with Crippen LogP contribution in [-0.2, 0) is 11.2 Å². The first kappa shape index (κ1) is 24.6. The number of ether oxygens (including phenoxy) is 1. The van der Waals surface area contributed by atoms with Gasteiger partial charge in [-0.3, -0.25) is 14.9 Å². The van der Waals surface area contributed by atoms with Crippen LogP contribution in [0.15, 0.2) is 30.3 Å². The normalized spacial score (nSPS) is 14.9. The number of aromatic hydroxyl groups is 1. The van der Waals surface area contributed by atoms with E-state index in [1.807, 2.05) is 78.8 Å². The summed E-state index contributed by atoms with van der Waals surface area (Å²) in [5.41, 5.74) is 3.43. The van der Waals surface area contributed by atoms with Gasteiger partial charge in [0.2, 0.25) is 5.91 Å². The number of thioether (sulfide) groups is 1. The third-order valence-corrected chi connectivity index (χ3v) is 5.33. The van der Waals surface area contributed by atoms with Crippen LogP contribution in [0.3, 0.4) is 0 Å². The number of hydrogen-bond acceptors (Lipinski definition) is 5. The van der Waals surface area contributed by atoms with Gasteiger partial charge in [-0.2, -0.15) is 0 Å². The van der Waals surface area contributed by atoms with Crippen molar-refractivity contribution in [3.63, 3.8) is 0 Å². The zero-order valence-corrected chi connectivity index (χ0v) is 19.1. The van der Waals surface area contributed by atoms with Crippen molar-refractivity contribution in [2.45, 2.75) is 60.1 Å². The first-order chi connectivity index (χ1) is 13.8. The molecule has 2 aromatic rings. The zero-order valence-electron chi connectivity index (χ0n) is 18.3. The number of phenolic OH excluding ortho intramolecular Hbond substituents is 1. The molecule has 0 aliphatic carbocycles. The predicted molar refractivity (Wildman–Crippen MR) is 120 cm³/mol. The predicted octanol–water partition coefficient (Wildman–Crippen LogP) is 6.06. The van der Waals surface area contributed by atoms with Crippen LogP contribution in [0.5, 0.6) is 17.2 Å². The summed E-state index contributed by atoms with van der Waals surface area (Å²) in [5, 5.41) is 11.6. The number of phenols is 1. The summed E-state index contributed by atoms with van der Waals surface area (Å²) in [5.74, 6) is 1.44. The van der Waals surface area contributed by atoms with E-state index in [1.54, 1.807) is 0 Å². The van der Waals surface area contributed by atoms with E-state index >= 15 is 0 Å². The molecule has 1 unspecified atom stereocenters. The van der Waals surface area contributed by atoms with E-state index in [1.165, 1.54) is 0 Å². The third-order valence-electron chi connectivity index (χ3n) is 4.35. The van der Waals surface area contributed by atoms with E-state index < -0.39 is 0 Å². The van der Waals surface area contributed by atoms with Gasteiger partial charge in [-0.25, -0.2) is 0 Å². The van der Waals surface area contributed by atoms with Crippen molar-refractivity contribution in [3.8, 4) is 17.2 Å². The van der Waals surface area contributed by atoms with Crippen LogP contribution in [0.1, 0.15) is 49.9 Å². The van der Waals surface area contributed by atoms with Crippen LogP contribution in [0, 0.1) is 20.8 Å². The number of nitrogens with one attached hydrogen (secondary N) is 1. The standard InChI is InChI=1S/C19H19NO4S.2C2H6/c1-10-8-15(11(2)12(3)17(10)21)24-14-6-4-13(5-7-14)9-16-18(22)20-19(23)25-16;2*1-2/h4-8,16,21H,9H2,1-3H3,(H,20,22,23);2*1-2H3. The van der Waals surface area contributed by atoms with E-state index in [-0.39, 0.29) is 16.4 Å². The SMILES string of the molecule is CC.CC.Cc1cc(Oc2ccc(CC3SC(=O)NC3=O)cc2)c(C)c(C)c1O. The maximum absolute atomic E-state index is 11.6. The zero-order chi connectivity index (χ0) is 22.1. The first-order valence-electron chi connectivity index (χ1n) is 9.93. The number of imide groups is 1. The van der Waals surface area contributed by atoms with Crippen molar-refractivity contribution in [2.24, 2.45) is 0 Å². The second-order valence-electron chi connectivity index (χ2n) is 6.12. The van der Waals surface area contributed by atoms with Gasteiger partial charge in [-0.15, -0.1) is 0 Å². The lowest BCUT2D eigenvalue weighted by Gasteiger charge is -2.14. The lowest BCUT2D eigenvalue weighted by Crippen LogP contribution is -2.25. The molecule has 2 amide bonds. The summed E-state index contributed by atoms with van der Waals surface area (Å²) in [6, 6.07) is 9.27. The molecule has 1 heterocycles. The Morgan fingerprint density at radius 2 is 1.59 bits per heavy atom. The van der Waals surface area contributed by atoms with Crippen molar-refractivity contribution in [1.82, 2.24) is 5.32 Å². The van der Waals surface area contributed by atoms with Gasteiger partial charge < -0.3 is 9.84 Å². The fraction of sp³-hybridized carbons (Fsp3) is 0.391. The Kier molecular flexibility index (Phi) is 9.75. The highest BCUT2D eigenvalue weighted by Gasteiger charge is 2.31. The van der Waals surface area contributed by atoms with Gasteiger partial charge in [-0.1, -0.05) is 51.6 Å². The molecule has 1 atom stereocenters. The van der Waals surface area contributed by atoms with Gasteiger partial charge in [0.1, 0.15) is 17.2 Å². The molecular formula is C23H31NO4S. The van der Waals surface area contributed by atoms with Gasteiger partial charge >= 0.3 is 0 Å². The molecule has 29 heavy (non-hydrogen) atoms. The Morgan fingerprint density at radius 3 is 2.10 bits per heavy atom. The van der Waals surface area contributed by atoms with Crippen molar-refractivity contribution in [1.29, 1.82) is 0 Å². The van der Waals surface area contributed by atoms with Crippen molar-refractivity contribution < 1.29 is 19.4 Å². The Balaban J connectivity index is 0.000000989. The maximum Gasteiger partial charge on any atom is 0.286 e. The summed E-state index contributed by atoms with van der Waals surface area (Å²) in [7, 11) is 0. The molecule has 0 aromatic heterocycles. The quantitative estimate of drug-likeness (QED) is 0.633. The molecule has 1 aliphatic rings. The fourth-order valence-electron chi connectivity index (χ4n) is 2.70. The van der Waals surface area contributed by atoms with Gasteiger partial charge in [-0.05, 0) is 67.6 Å². The van der Waals surface area contributed by atoms with E-state index in [2.05, 4.69) is 5.32 Å². The molecule has 5 nitrogen and oxygen atoms in total. The van der Waals surface area contributed by atoms with Crippen LogP contribution in [-0.4, -0.2) is 21.5 Å². The summed E-state index contributed by atoms with van der Waals surface area (Å²) in [6.45, 7) is 13.6. The smallest absolute Gasteiger partial charge is 0.286 e. The first-order valence-corrected chi connectivity index (χ1v) is 10.8. The molecular weight excluding hydrogens is 386 g/mol. The minimum Gasteiger partial charge on any atom is -0.507 e. The monoisotopic (exact) mass is 417 g/mol. The van der Waals surface area contributed by atoms with Crippen LogP contribution >= 0.6 is 11.8 Å². The number of aryl methyl sites for hydroxylation is 1. The number of carbonyl (C=O) groups excluding carboxylic acids is 2. The van der Waals surface area contributed by atoms with Crippen LogP contribution in [0.2, 0.25) is 0 Å².